The van der Waals surface area contributed by atoms with E-state index < -0.39 is 0 Å². The Labute approximate surface area is 132 Å². The minimum Gasteiger partial charge on any atom is -0.508 e. The average molecular weight is 297 g/mol. The van der Waals surface area contributed by atoms with Crippen molar-refractivity contribution in [3.63, 3.8) is 0 Å². The molecule has 114 valence electrons. The van der Waals surface area contributed by atoms with E-state index in [4.69, 9.17) is 17.3 Å². The number of aromatic hydroxyl groups is 1. The number of para-hydroxylation sites is 1. The fraction of sp³-hybridized carbons (Fsp3) is 0.294. The van der Waals surface area contributed by atoms with E-state index in [1.165, 1.54) is 0 Å². The summed E-state index contributed by atoms with van der Waals surface area (Å²) in [6.07, 6.45) is 0.771. The molecular formula is C17H20BNO3. The first kappa shape index (κ1) is 16.2. The van der Waals surface area contributed by atoms with Gasteiger partial charge in [0, 0.05) is 12.1 Å². The number of phenols is 1. The second-order valence-corrected chi connectivity index (χ2v) is 4.96. The van der Waals surface area contributed by atoms with E-state index in [9.17, 15) is 5.11 Å². The average Bonchev–Trinajstić information content (AvgIpc) is 2.53. The maximum Gasteiger partial charge on any atom is 0.121 e. The SMILES string of the molecule is [B]c1cc(OC)c(CCNCc2ccccc2O)cc1OC. The van der Waals surface area contributed by atoms with E-state index in [2.05, 4.69) is 5.32 Å². The van der Waals surface area contributed by atoms with Crippen molar-refractivity contribution >= 4 is 13.3 Å². The lowest BCUT2D eigenvalue weighted by Crippen LogP contribution is -2.18. The second-order valence-electron chi connectivity index (χ2n) is 4.96. The van der Waals surface area contributed by atoms with Crippen molar-refractivity contribution in [3.8, 4) is 17.2 Å². The Balaban J connectivity index is 1.95. The summed E-state index contributed by atoms with van der Waals surface area (Å²) in [5.41, 5.74) is 2.47. The van der Waals surface area contributed by atoms with Gasteiger partial charge in [-0.05, 0) is 36.7 Å². The summed E-state index contributed by atoms with van der Waals surface area (Å²) >= 11 is 0. The topological polar surface area (TPSA) is 50.7 Å². The van der Waals surface area contributed by atoms with Crippen LogP contribution < -0.4 is 20.3 Å². The quantitative estimate of drug-likeness (QED) is 0.601. The number of phenolic OH excluding ortho intramolecular Hbond substituents is 1. The Hall–Kier alpha value is -2.14. The number of ether oxygens (including phenoxy) is 2. The highest BCUT2D eigenvalue weighted by atomic mass is 16.5. The van der Waals surface area contributed by atoms with Gasteiger partial charge in [0.2, 0.25) is 0 Å². The minimum absolute atomic E-state index is 0.307. The van der Waals surface area contributed by atoms with Crippen LogP contribution in [0, 0.1) is 0 Å². The van der Waals surface area contributed by atoms with Gasteiger partial charge >= 0.3 is 0 Å². The first-order valence-electron chi connectivity index (χ1n) is 7.13. The van der Waals surface area contributed by atoms with Crippen LogP contribution in [0.25, 0.3) is 0 Å². The number of benzene rings is 2. The minimum atomic E-state index is 0.307. The molecule has 0 amide bonds. The van der Waals surface area contributed by atoms with Crippen molar-refractivity contribution in [1.82, 2.24) is 5.32 Å². The highest BCUT2D eigenvalue weighted by molar-refractivity contribution is 6.34. The van der Waals surface area contributed by atoms with Crippen LogP contribution in [0.2, 0.25) is 0 Å². The molecule has 0 saturated carbocycles. The van der Waals surface area contributed by atoms with Crippen molar-refractivity contribution in [2.24, 2.45) is 0 Å². The standard InChI is InChI=1S/C17H20BNO3/c1-21-16-10-14(18)17(22-2)9-12(16)7-8-19-11-13-5-3-4-6-15(13)20/h3-6,9-10,19-20H,7-8,11H2,1-2H3. The molecule has 0 fully saturated rings. The number of hydrogen-bond acceptors (Lipinski definition) is 4. The Kier molecular flexibility index (Phi) is 5.72. The lowest BCUT2D eigenvalue weighted by atomic mass is 9.92. The van der Waals surface area contributed by atoms with Gasteiger partial charge in [0.15, 0.2) is 0 Å². The number of rotatable bonds is 7. The van der Waals surface area contributed by atoms with E-state index >= 15 is 0 Å². The Morgan fingerprint density at radius 2 is 1.77 bits per heavy atom. The highest BCUT2D eigenvalue weighted by Crippen LogP contribution is 2.22. The summed E-state index contributed by atoms with van der Waals surface area (Å²) in [6, 6.07) is 11.0. The molecular weight excluding hydrogens is 277 g/mol. The predicted octanol–water partition coefficient (Wildman–Crippen LogP) is 1.54. The van der Waals surface area contributed by atoms with Gasteiger partial charge in [-0.25, -0.2) is 0 Å². The number of hydrogen-bond donors (Lipinski definition) is 2. The second kappa shape index (κ2) is 7.75. The van der Waals surface area contributed by atoms with Crippen LogP contribution in [0.1, 0.15) is 11.1 Å². The molecule has 2 aromatic carbocycles. The molecule has 0 saturated heterocycles. The first-order chi connectivity index (χ1) is 10.7. The molecule has 2 rings (SSSR count). The molecule has 22 heavy (non-hydrogen) atoms. The largest absolute Gasteiger partial charge is 0.508 e. The third-order valence-electron chi connectivity index (χ3n) is 3.51. The maximum absolute atomic E-state index is 9.72. The van der Waals surface area contributed by atoms with Crippen LogP contribution in [0.5, 0.6) is 17.2 Å². The summed E-state index contributed by atoms with van der Waals surface area (Å²) in [4.78, 5) is 0. The molecule has 5 heteroatoms. The summed E-state index contributed by atoms with van der Waals surface area (Å²) < 4.78 is 10.6. The Morgan fingerprint density at radius 1 is 1.05 bits per heavy atom. The Bertz CT molecular complexity index is 631. The summed E-state index contributed by atoms with van der Waals surface area (Å²) in [5, 5.41) is 13.0. The van der Waals surface area contributed by atoms with Gasteiger partial charge in [-0.1, -0.05) is 23.7 Å². The molecule has 0 bridgehead atoms. The summed E-state index contributed by atoms with van der Waals surface area (Å²) in [5.74, 6) is 1.71. The zero-order valence-corrected chi connectivity index (χ0v) is 12.9. The monoisotopic (exact) mass is 297 g/mol. The van der Waals surface area contributed by atoms with Gasteiger partial charge in [-0.15, -0.1) is 0 Å². The fourth-order valence-corrected chi connectivity index (χ4v) is 2.29. The molecule has 2 aromatic rings. The number of methoxy groups -OCH3 is 2. The smallest absolute Gasteiger partial charge is 0.121 e. The lowest BCUT2D eigenvalue weighted by Gasteiger charge is -2.14. The fourth-order valence-electron chi connectivity index (χ4n) is 2.29. The van der Waals surface area contributed by atoms with Crippen LogP contribution in [0.3, 0.4) is 0 Å². The van der Waals surface area contributed by atoms with Crippen LogP contribution in [-0.4, -0.2) is 33.7 Å². The van der Waals surface area contributed by atoms with E-state index in [0.717, 1.165) is 29.8 Å². The van der Waals surface area contributed by atoms with E-state index in [1.54, 1.807) is 26.4 Å². The zero-order chi connectivity index (χ0) is 15.9. The molecule has 0 aromatic heterocycles. The Morgan fingerprint density at radius 3 is 2.45 bits per heavy atom. The summed E-state index contributed by atoms with van der Waals surface area (Å²) in [7, 11) is 9.10. The first-order valence-corrected chi connectivity index (χ1v) is 7.13. The third-order valence-corrected chi connectivity index (χ3v) is 3.51. The van der Waals surface area contributed by atoms with Crippen LogP contribution in [-0.2, 0) is 13.0 Å². The molecule has 2 N–H and O–H groups in total. The maximum atomic E-state index is 9.72. The van der Waals surface area contributed by atoms with Gasteiger partial charge in [-0.3, -0.25) is 0 Å². The van der Waals surface area contributed by atoms with Gasteiger partial charge in [0.1, 0.15) is 25.1 Å². The van der Waals surface area contributed by atoms with E-state index in [0.29, 0.717) is 23.5 Å². The molecule has 2 radical (unpaired) electrons. The van der Waals surface area contributed by atoms with Crippen LogP contribution >= 0.6 is 0 Å². The molecule has 0 aliphatic heterocycles. The van der Waals surface area contributed by atoms with Crippen molar-refractivity contribution in [2.45, 2.75) is 13.0 Å². The van der Waals surface area contributed by atoms with Crippen molar-refractivity contribution in [2.75, 3.05) is 20.8 Å². The van der Waals surface area contributed by atoms with Gasteiger partial charge < -0.3 is 19.9 Å². The van der Waals surface area contributed by atoms with Crippen molar-refractivity contribution in [3.05, 3.63) is 47.5 Å². The molecule has 0 aliphatic rings. The molecule has 4 nitrogen and oxygen atoms in total. The molecule has 0 unspecified atom stereocenters. The van der Waals surface area contributed by atoms with Crippen molar-refractivity contribution < 1.29 is 14.6 Å². The summed E-state index contributed by atoms with van der Waals surface area (Å²) in [6.45, 7) is 1.36. The van der Waals surface area contributed by atoms with Gasteiger partial charge in [-0.2, -0.15) is 0 Å². The van der Waals surface area contributed by atoms with E-state index in [1.807, 2.05) is 24.3 Å². The third kappa shape index (κ3) is 3.95. The van der Waals surface area contributed by atoms with Crippen LogP contribution in [0.15, 0.2) is 36.4 Å². The van der Waals surface area contributed by atoms with Crippen molar-refractivity contribution in [1.29, 1.82) is 0 Å². The normalized spacial score (nSPS) is 10.5. The predicted molar refractivity (Wildman–Crippen MR) is 88.5 cm³/mol. The number of nitrogens with one attached hydrogen (secondary N) is 1. The van der Waals surface area contributed by atoms with E-state index in [-0.39, 0.29) is 0 Å². The van der Waals surface area contributed by atoms with Gasteiger partial charge in [0.25, 0.3) is 0 Å². The lowest BCUT2D eigenvalue weighted by molar-refractivity contribution is 0.400. The molecule has 0 heterocycles. The molecule has 0 aliphatic carbocycles. The zero-order valence-electron chi connectivity index (χ0n) is 12.9. The highest BCUT2D eigenvalue weighted by Gasteiger charge is 2.08. The van der Waals surface area contributed by atoms with Crippen LogP contribution in [0.4, 0.5) is 0 Å². The van der Waals surface area contributed by atoms with Gasteiger partial charge in [0.05, 0.1) is 14.2 Å². The molecule has 0 atom stereocenters. The molecule has 0 spiro atoms.